The molecule has 0 unspecified atom stereocenters. The SMILES string of the molecule is CCN(CC)c1c(C(=O)c2cccs2)c(=O)oc2ccccc12. The fraction of sp³-hybridized carbons (Fsp3) is 0.222. The van der Waals surface area contributed by atoms with E-state index in [1.54, 1.807) is 18.2 Å². The number of fused-ring (bicyclic) bond motifs is 1. The number of rotatable bonds is 5. The van der Waals surface area contributed by atoms with Gasteiger partial charge in [0.05, 0.1) is 10.6 Å². The fourth-order valence-electron chi connectivity index (χ4n) is 2.73. The second kappa shape index (κ2) is 6.38. The first-order valence-electron chi connectivity index (χ1n) is 7.56. The van der Waals surface area contributed by atoms with Crippen molar-refractivity contribution in [2.45, 2.75) is 13.8 Å². The molecule has 2 heterocycles. The van der Waals surface area contributed by atoms with E-state index in [1.165, 1.54) is 11.3 Å². The number of anilines is 1. The summed E-state index contributed by atoms with van der Waals surface area (Å²) in [5, 5.41) is 2.61. The number of hydrogen-bond acceptors (Lipinski definition) is 5. The molecular weight excluding hydrogens is 310 g/mol. The van der Waals surface area contributed by atoms with Gasteiger partial charge in [0, 0.05) is 18.5 Å². The lowest BCUT2D eigenvalue weighted by molar-refractivity contribution is 0.103. The van der Waals surface area contributed by atoms with Gasteiger partial charge in [-0.25, -0.2) is 4.79 Å². The second-order valence-corrected chi connectivity index (χ2v) is 6.04. The molecule has 2 aromatic heterocycles. The summed E-state index contributed by atoms with van der Waals surface area (Å²) in [6.45, 7) is 5.42. The Balaban J connectivity index is 2.36. The van der Waals surface area contributed by atoms with Gasteiger partial charge in [-0.15, -0.1) is 11.3 Å². The van der Waals surface area contributed by atoms with Crippen LogP contribution in [-0.2, 0) is 0 Å². The minimum atomic E-state index is -0.580. The first-order valence-corrected chi connectivity index (χ1v) is 8.44. The molecule has 0 N–H and O–H groups in total. The van der Waals surface area contributed by atoms with Gasteiger partial charge in [-0.3, -0.25) is 4.79 Å². The maximum Gasteiger partial charge on any atom is 0.349 e. The highest BCUT2D eigenvalue weighted by Crippen LogP contribution is 2.30. The summed E-state index contributed by atoms with van der Waals surface area (Å²) in [5.41, 5.74) is 0.709. The number of para-hydroxylation sites is 1. The molecule has 0 saturated heterocycles. The number of benzene rings is 1. The van der Waals surface area contributed by atoms with Crippen LogP contribution in [0.15, 0.2) is 51.0 Å². The minimum absolute atomic E-state index is 0.120. The van der Waals surface area contributed by atoms with E-state index < -0.39 is 5.63 Å². The van der Waals surface area contributed by atoms with E-state index in [2.05, 4.69) is 0 Å². The van der Waals surface area contributed by atoms with Crippen LogP contribution < -0.4 is 10.5 Å². The number of thiophene rings is 1. The van der Waals surface area contributed by atoms with Gasteiger partial charge in [0.15, 0.2) is 0 Å². The van der Waals surface area contributed by atoms with Crippen LogP contribution >= 0.6 is 11.3 Å². The maximum atomic E-state index is 12.9. The molecule has 0 amide bonds. The monoisotopic (exact) mass is 327 g/mol. The summed E-state index contributed by atoms with van der Waals surface area (Å²) in [6.07, 6.45) is 0. The maximum absolute atomic E-state index is 12.9. The van der Waals surface area contributed by atoms with Crippen LogP contribution in [0.25, 0.3) is 11.0 Å². The van der Waals surface area contributed by atoms with Gasteiger partial charge in [-0.05, 0) is 37.4 Å². The van der Waals surface area contributed by atoms with Gasteiger partial charge in [-0.1, -0.05) is 18.2 Å². The number of carbonyl (C=O) groups is 1. The van der Waals surface area contributed by atoms with E-state index in [0.717, 1.165) is 5.39 Å². The Labute approximate surface area is 138 Å². The molecule has 5 heteroatoms. The molecule has 0 atom stereocenters. The summed E-state index contributed by atoms with van der Waals surface area (Å²) >= 11 is 1.33. The molecule has 0 saturated carbocycles. The van der Waals surface area contributed by atoms with E-state index in [0.29, 0.717) is 29.2 Å². The van der Waals surface area contributed by atoms with Crippen molar-refractivity contribution < 1.29 is 9.21 Å². The number of carbonyl (C=O) groups excluding carboxylic acids is 1. The molecule has 1 aromatic carbocycles. The first-order chi connectivity index (χ1) is 11.2. The van der Waals surface area contributed by atoms with Crippen molar-refractivity contribution >= 4 is 33.8 Å². The summed E-state index contributed by atoms with van der Waals surface area (Å²) in [6, 6.07) is 10.9. The third kappa shape index (κ3) is 2.68. The van der Waals surface area contributed by atoms with Gasteiger partial charge in [0.25, 0.3) is 0 Å². The molecule has 4 nitrogen and oxygen atoms in total. The van der Waals surface area contributed by atoms with E-state index in [9.17, 15) is 9.59 Å². The zero-order valence-corrected chi connectivity index (χ0v) is 13.9. The molecule has 0 bridgehead atoms. The Morgan fingerprint density at radius 2 is 1.87 bits per heavy atom. The van der Waals surface area contributed by atoms with Crippen LogP contribution in [0.5, 0.6) is 0 Å². The average molecular weight is 327 g/mol. The summed E-state index contributed by atoms with van der Waals surface area (Å²) in [7, 11) is 0. The van der Waals surface area contributed by atoms with Crippen molar-refractivity contribution in [3.63, 3.8) is 0 Å². The Bertz CT molecular complexity index is 892. The lowest BCUT2D eigenvalue weighted by Gasteiger charge is -2.24. The standard InChI is InChI=1S/C18H17NO3S/c1-3-19(4-2)16-12-8-5-6-9-13(12)22-18(21)15(16)17(20)14-10-7-11-23-14/h5-11H,3-4H2,1-2H3. The largest absolute Gasteiger partial charge is 0.422 e. The number of ketones is 1. The predicted molar refractivity (Wildman–Crippen MR) is 93.8 cm³/mol. The minimum Gasteiger partial charge on any atom is -0.422 e. The Kier molecular flexibility index (Phi) is 4.30. The second-order valence-electron chi connectivity index (χ2n) is 5.09. The van der Waals surface area contributed by atoms with E-state index in [4.69, 9.17) is 4.42 Å². The van der Waals surface area contributed by atoms with Crippen LogP contribution in [0.4, 0.5) is 5.69 Å². The van der Waals surface area contributed by atoms with Crippen molar-refractivity contribution in [3.8, 4) is 0 Å². The van der Waals surface area contributed by atoms with Gasteiger partial charge in [0.2, 0.25) is 5.78 Å². The van der Waals surface area contributed by atoms with Crippen LogP contribution in [0, 0.1) is 0 Å². The smallest absolute Gasteiger partial charge is 0.349 e. The normalized spacial score (nSPS) is 10.9. The molecule has 0 aliphatic rings. The summed E-state index contributed by atoms with van der Waals surface area (Å²) < 4.78 is 5.39. The average Bonchev–Trinajstić information content (AvgIpc) is 3.09. The fourth-order valence-corrected chi connectivity index (χ4v) is 3.40. The summed E-state index contributed by atoms with van der Waals surface area (Å²) in [5.74, 6) is -0.276. The van der Waals surface area contributed by atoms with Crippen LogP contribution in [0.3, 0.4) is 0 Å². The van der Waals surface area contributed by atoms with E-state index >= 15 is 0 Å². The molecular formula is C18H17NO3S. The lowest BCUT2D eigenvalue weighted by atomic mass is 10.0. The third-order valence-corrected chi connectivity index (χ3v) is 4.71. The van der Waals surface area contributed by atoms with Crippen molar-refractivity contribution in [1.82, 2.24) is 0 Å². The topological polar surface area (TPSA) is 50.5 Å². The first kappa shape index (κ1) is 15.5. The molecule has 3 rings (SSSR count). The highest BCUT2D eigenvalue weighted by atomic mass is 32.1. The molecule has 23 heavy (non-hydrogen) atoms. The van der Waals surface area contributed by atoms with Gasteiger partial charge in [0.1, 0.15) is 11.1 Å². The lowest BCUT2D eigenvalue weighted by Crippen LogP contribution is -2.28. The van der Waals surface area contributed by atoms with Crippen molar-refractivity contribution in [1.29, 1.82) is 0 Å². The summed E-state index contributed by atoms with van der Waals surface area (Å²) in [4.78, 5) is 27.9. The molecule has 0 spiro atoms. The highest BCUT2D eigenvalue weighted by molar-refractivity contribution is 7.12. The van der Waals surface area contributed by atoms with Gasteiger partial charge in [-0.2, -0.15) is 0 Å². The highest BCUT2D eigenvalue weighted by Gasteiger charge is 2.25. The van der Waals surface area contributed by atoms with Crippen molar-refractivity contribution in [2.75, 3.05) is 18.0 Å². The molecule has 0 aliphatic carbocycles. The van der Waals surface area contributed by atoms with Crippen molar-refractivity contribution in [3.05, 3.63) is 62.6 Å². The Morgan fingerprint density at radius 3 is 2.52 bits per heavy atom. The predicted octanol–water partition coefficient (Wildman–Crippen LogP) is 3.93. The van der Waals surface area contributed by atoms with Crippen LogP contribution in [0.2, 0.25) is 0 Å². The Morgan fingerprint density at radius 1 is 1.13 bits per heavy atom. The zero-order chi connectivity index (χ0) is 16.4. The number of hydrogen-bond donors (Lipinski definition) is 0. The zero-order valence-electron chi connectivity index (χ0n) is 13.0. The molecule has 3 aromatic rings. The quantitative estimate of drug-likeness (QED) is 0.526. The molecule has 0 aliphatic heterocycles. The third-order valence-electron chi connectivity index (χ3n) is 3.84. The van der Waals surface area contributed by atoms with Gasteiger partial charge < -0.3 is 9.32 Å². The van der Waals surface area contributed by atoms with Crippen molar-refractivity contribution in [2.24, 2.45) is 0 Å². The van der Waals surface area contributed by atoms with Crippen LogP contribution in [-0.4, -0.2) is 18.9 Å². The molecule has 0 radical (unpaired) electrons. The van der Waals surface area contributed by atoms with E-state index in [-0.39, 0.29) is 11.3 Å². The van der Waals surface area contributed by atoms with Crippen LogP contribution in [0.1, 0.15) is 29.1 Å². The number of nitrogens with zero attached hydrogens (tertiary/aromatic N) is 1. The van der Waals surface area contributed by atoms with E-state index in [1.807, 2.05) is 42.3 Å². The van der Waals surface area contributed by atoms with Gasteiger partial charge >= 0.3 is 5.63 Å². The molecule has 0 fully saturated rings. The Hall–Kier alpha value is -2.40. The molecule has 118 valence electrons.